The lowest BCUT2D eigenvalue weighted by atomic mass is 10.1. The van der Waals surface area contributed by atoms with Crippen LogP contribution in [0.15, 0.2) is 65.4 Å². The van der Waals surface area contributed by atoms with Crippen LogP contribution in [0.5, 0.6) is 0 Å². The number of amides is 1. The summed E-state index contributed by atoms with van der Waals surface area (Å²) in [7, 11) is 0. The van der Waals surface area contributed by atoms with Gasteiger partial charge in [0.1, 0.15) is 4.60 Å². The predicted octanol–water partition coefficient (Wildman–Crippen LogP) is 4.25. The molecule has 0 aliphatic carbocycles. The third-order valence-corrected chi connectivity index (χ3v) is 3.46. The number of halogens is 1. The van der Waals surface area contributed by atoms with E-state index in [1.165, 1.54) is 0 Å². The fourth-order valence-electron chi connectivity index (χ4n) is 2.07. The number of anilines is 1. The summed E-state index contributed by atoms with van der Waals surface area (Å²) in [6, 6.07) is 17.2. The quantitative estimate of drug-likeness (QED) is 0.715. The zero-order valence-electron chi connectivity index (χ0n) is 10.5. The molecule has 20 heavy (non-hydrogen) atoms. The number of aromatic nitrogens is 1. The largest absolute Gasteiger partial charge is 0.321 e. The lowest BCUT2D eigenvalue weighted by molar-refractivity contribution is 0.102. The molecule has 1 amide bonds. The van der Waals surface area contributed by atoms with Crippen LogP contribution in [0, 0.1) is 0 Å². The first-order valence-corrected chi connectivity index (χ1v) is 6.94. The number of hydrogen-bond donors (Lipinski definition) is 1. The van der Waals surface area contributed by atoms with Gasteiger partial charge in [0.25, 0.3) is 5.91 Å². The molecule has 0 bridgehead atoms. The number of nitrogens with one attached hydrogen (secondary N) is 1. The normalized spacial score (nSPS) is 10.4. The molecule has 0 unspecified atom stereocenters. The lowest BCUT2D eigenvalue weighted by Gasteiger charge is -2.08. The van der Waals surface area contributed by atoms with E-state index in [-0.39, 0.29) is 5.91 Å². The highest BCUT2D eigenvalue weighted by Gasteiger charge is 2.08. The number of rotatable bonds is 2. The Labute approximate surface area is 124 Å². The molecule has 0 radical (unpaired) electrons. The van der Waals surface area contributed by atoms with Gasteiger partial charge in [-0.2, -0.15) is 0 Å². The zero-order valence-corrected chi connectivity index (χ0v) is 12.1. The molecule has 98 valence electrons. The molecule has 2 aromatic carbocycles. The van der Waals surface area contributed by atoms with Gasteiger partial charge in [0.2, 0.25) is 0 Å². The standard InChI is InChI=1S/C16H11BrN2O/c17-15-10-12(8-9-18-15)16(20)19-14-7-3-5-11-4-1-2-6-13(11)14/h1-10H,(H,19,20). The number of fused-ring (bicyclic) bond motifs is 1. The Morgan fingerprint density at radius 1 is 1.05 bits per heavy atom. The second-order valence-corrected chi connectivity index (χ2v) is 5.16. The van der Waals surface area contributed by atoms with Crippen LogP contribution in [0.1, 0.15) is 10.4 Å². The van der Waals surface area contributed by atoms with Gasteiger partial charge in [-0.15, -0.1) is 0 Å². The number of nitrogens with zero attached hydrogens (tertiary/aromatic N) is 1. The highest BCUT2D eigenvalue weighted by atomic mass is 79.9. The maximum Gasteiger partial charge on any atom is 0.255 e. The number of pyridine rings is 1. The molecule has 1 N–H and O–H groups in total. The van der Waals surface area contributed by atoms with E-state index >= 15 is 0 Å². The second kappa shape index (κ2) is 5.43. The van der Waals surface area contributed by atoms with Crippen molar-refractivity contribution in [2.75, 3.05) is 5.32 Å². The summed E-state index contributed by atoms with van der Waals surface area (Å²) in [6.07, 6.45) is 1.60. The van der Waals surface area contributed by atoms with Gasteiger partial charge in [0.05, 0.1) is 0 Å². The molecule has 0 atom stereocenters. The smallest absolute Gasteiger partial charge is 0.255 e. The Morgan fingerprint density at radius 3 is 2.70 bits per heavy atom. The van der Waals surface area contributed by atoms with Gasteiger partial charge >= 0.3 is 0 Å². The van der Waals surface area contributed by atoms with Gasteiger partial charge in [0, 0.05) is 22.8 Å². The van der Waals surface area contributed by atoms with Crippen LogP contribution in [-0.2, 0) is 0 Å². The van der Waals surface area contributed by atoms with Crippen molar-refractivity contribution in [1.29, 1.82) is 0 Å². The predicted molar refractivity (Wildman–Crippen MR) is 83.8 cm³/mol. The molecule has 3 nitrogen and oxygen atoms in total. The number of carbonyl (C=O) groups is 1. The SMILES string of the molecule is O=C(Nc1cccc2ccccc12)c1ccnc(Br)c1. The number of benzene rings is 2. The van der Waals surface area contributed by atoms with Crippen molar-refractivity contribution in [2.45, 2.75) is 0 Å². The molecule has 3 rings (SSSR count). The average Bonchev–Trinajstić information content (AvgIpc) is 2.47. The van der Waals surface area contributed by atoms with E-state index < -0.39 is 0 Å². The molecule has 0 fully saturated rings. The summed E-state index contributed by atoms with van der Waals surface area (Å²) in [5, 5.41) is 5.06. The van der Waals surface area contributed by atoms with E-state index in [1.54, 1.807) is 18.3 Å². The molecule has 3 aromatic rings. The van der Waals surface area contributed by atoms with Crippen molar-refractivity contribution in [1.82, 2.24) is 4.98 Å². The number of hydrogen-bond acceptors (Lipinski definition) is 2. The van der Waals surface area contributed by atoms with E-state index in [0.717, 1.165) is 16.5 Å². The fourth-order valence-corrected chi connectivity index (χ4v) is 2.44. The molecular formula is C16H11BrN2O. The average molecular weight is 327 g/mol. The van der Waals surface area contributed by atoms with Crippen molar-refractivity contribution in [2.24, 2.45) is 0 Å². The summed E-state index contributed by atoms with van der Waals surface area (Å²) in [4.78, 5) is 16.3. The van der Waals surface area contributed by atoms with Gasteiger partial charge in [0.15, 0.2) is 0 Å². The molecule has 0 saturated carbocycles. The van der Waals surface area contributed by atoms with Crippen molar-refractivity contribution in [3.63, 3.8) is 0 Å². The third kappa shape index (κ3) is 2.56. The Kier molecular flexibility index (Phi) is 3.48. The molecule has 0 spiro atoms. The summed E-state index contributed by atoms with van der Waals surface area (Å²) >= 11 is 3.26. The summed E-state index contributed by atoms with van der Waals surface area (Å²) in [5.74, 6) is -0.149. The van der Waals surface area contributed by atoms with Gasteiger partial charge in [-0.1, -0.05) is 36.4 Å². The minimum absolute atomic E-state index is 0.149. The van der Waals surface area contributed by atoms with Gasteiger partial charge in [-0.25, -0.2) is 4.98 Å². The highest BCUT2D eigenvalue weighted by Crippen LogP contribution is 2.23. The minimum Gasteiger partial charge on any atom is -0.321 e. The van der Waals surface area contributed by atoms with Crippen LogP contribution < -0.4 is 5.32 Å². The maximum absolute atomic E-state index is 12.3. The van der Waals surface area contributed by atoms with Crippen LogP contribution in [0.4, 0.5) is 5.69 Å². The second-order valence-electron chi connectivity index (χ2n) is 4.35. The molecule has 0 aliphatic heterocycles. The Hall–Kier alpha value is -2.20. The van der Waals surface area contributed by atoms with Crippen LogP contribution in [-0.4, -0.2) is 10.9 Å². The van der Waals surface area contributed by atoms with Gasteiger partial charge in [-0.3, -0.25) is 4.79 Å². The van der Waals surface area contributed by atoms with E-state index in [4.69, 9.17) is 0 Å². The fraction of sp³-hybridized carbons (Fsp3) is 0. The Morgan fingerprint density at radius 2 is 1.85 bits per heavy atom. The maximum atomic E-state index is 12.3. The molecular weight excluding hydrogens is 316 g/mol. The summed E-state index contributed by atoms with van der Waals surface area (Å²) in [5.41, 5.74) is 1.38. The van der Waals surface area contributed by atoms with Crippen molar-refractivity contribution >= 4 is 38.3 Å². The van der Waals surface area contributed by atoms with Gasteiger partial charge in [-0.05, 0) is 39.5 Å². The van der Waals surface area contributed by atoms with Crippen LogP contribution in [0.2, 0.25) is 0 Å². The summed E-state index contributed by atoms with van der Waals surface area (Å²) < 4.78 is 0.642. The zero-order chi connectivity index (χ0) is 13.9. The van der Waals surface area contributed by atoms with E-state index in [2.05, 4.69) is 26.2 Å². The van der Waals surface area contributed by atoms with Crippen molar-refractivity contribution < 1.29 is 4.79 Å². The first-order valence-electron chi connectivity index (χ1n) is 6.15. The Balaban J connectivity index is 1.95. The highest BCUT2D eigenvalue weighted by molar-refractivity contribution is 9.10. The molecule has 1 heterocycles. The van der Waals surface area contributed by atoms with Gasteiger partial charge < -0.3 is 5.32 Å². The lowest BCUT2D eigenvalue weighted by Crippen LogP contribution is -2.12. The van der Waals surface area contributed by atoms with E-state index in [1.807, 2.05) is 42.5 Å². The molecule has 0 aliphatic rings. The minimum atomic E-state index is -0.149. The van der Waals surface area contributed by atoms with Crippen molar-refractivity contribution in [3.05, 3.63) is 71.0 Å². The van der Waals surface area contributed by atoms with Crippen molar-refractivity contribution in [3.8, 4) is 0 Å². The molecule has 0 saturated heterocycles. The van der Waals surface area contributed by atoms with Crippen LogP contribution in [0.3, 0.4) is 0 Å². The monoisotopic (exact) mass is 326 g/mol. The van der Waals surface area contributed by atoms with Crippen LogP contribution >= 0.6 is 15.9 Å². The van der Waals surface area contributed by atoms with E-state index in [0.29, 0.717) is 10.2 Å². The molecule has 4 heteroatoms. The third-order valence-electron chi connectivity index (χ3n) is 3.03. The number of carbonyl (C=O) groups excluding carboxylic acids is 1. The topological polar surface area (TPSA) is 42.0 Å². The molecule has 1 aromatic heterocycles. The Bertz CT molecular complexity index is 781. The first-order chi connectivity index (χ1) is 9.74. The van der Waals surface area contributed by atoms with E-state index in [9.17, 15) is 4.79 Å². The van der Waals surface area contributed by atoms with Crippen LogP contribution in [0.25, 0.3) is 10.8 Å². The summed E-state index contributed by atoms with van der Waals surface area (Å²) in [6.45, 7) is 0. The first kappa shape index (κ1) is 12.8.